The van der Waals surface area contributed by atoms with Gasteiger partial charge in [0.15, 0.2) is 0 Å². The van der Waals surface area contributed by atoms with E-state index in [0.29, 0.717) is 0 Å². The van der Waals surface area contributed by atoms with Gasteiger partial charge in [-0.15, -0.1) is 11.3 Å². The summed E-state index contributed by atoms with van der Waals surface area (Å²) in [5.74, 6) is 0. The fraction of sp³-hybridized carbons (Fsp3) is 0.0545. The number of fused-ring (bicyclic) bond motifs is 7. The molecule has 2 heteroatoms. The molecule has 11 rings (SSSR count). The average molecular weight is 746 g/mol. The second-order valence-corrected chi connectivity index (χ2v) is 16.8. The lowest BCUT2D eigenvalue weighted by Crippen LogP contribution is -2.17. The molecule has 0 spiro atoms. The Hall–Kier alpha value is -6.74. The maximum Gasteiger partial charge on any atom is 0.0540 e. The highest BCUT2D eigenvalue weighted by Crippen LogP contribution is 2.52. The van der Waals surface area contributed by atoms with E-state index in [-0.39, 0.29) is 5.41 Å². The Morgan fingerprint density at radius 2 is 0.965 bits per heavy atom. The van der Waals surface area contributed by atoms with Crippen molar-refractivity contribution in [2.75, 3.05) is 4.90 Å². The molecule has 0 radical (unpaired) electrons. The van der Waals surface area contributed by atoms with Crippen molar-refractivity contribution in [3.8, 4) is 44.5 Å². The van der Waals surface area contributed by atoms with Gasteiger partial charge in [-0.1, -0.05) is 153 Å². The Labute approximate surface area is 337 Å². The molecule has 0 saturated heterocycles. The second-order valence-electron chi connectivity index (χ2n) is 15.8. The Bertz CT molecular complexity index is 3150. The molecular weight excluding hydrogens is 707 g/mol. The maximum atomic E-state index is 2.45. The predicted molar refractivity (Wildman–Crippen MR) is 245 cm³/mol. The van der Waals surface area contributed by atoms with E-state index < -0.39 is 0 Å². The number of hydrogen-bond acceptors (Lipinski definition) is 2. The first-order chi connectivity index (χ1) is 28.0. The molecule has 1 aromatic heterocycles. The van der Waals surface area contributed by atoms with Crippen LogP contribution in [-0.2, 0) is 5.41 Å². The van der Waals surface area contributed by atoms with Crippen LogP contribution in [0.15, 0.2) is 200 Å². The molecule has 0 bridgehead atoms. The monoisotopic (exact) mass is 745 g/mol. The number of para-hydroxylation sites is 1. The summed E-state index contributed by atoms with van der Waals surface area (Å²) in [6.07, 6.45) is 0. The van der Waals surface area contributed by atoms with E-state index in [1.54, 1.807) is 0 Å². The molecule has 0 atom stereocenters. The van der Waals surface area contributed by atoms with Crippen LogP contribution in [0.25, 0.3) is 75.5 Å². The van der Waals surface area contributed by atoms with E-state index in [4.69, 9.17) is 0 Å². The van der Waals surface area contributed by atoms with Crippen molar-refractivity contribution in [2.24, 2.45) is 0 Å². The van der Waals surface area contributed by atoms with Gasteiger partial charge in [0.1, 0.15) is 0 Å². The van der Waals surface area contributed by atoms with Crippen molar-refractivity contribution >= 4 is 59.3 Å². The standard InChI is InChI=1S/C55H39NS/c1-55(2)50-34-42(40-21-20-36-12-6-7-15-39(36)32-40)24-29-46(50)47-30-28-44(35-51(47)55)56(52-18-10-8-16-45(52)38-13-4-3-5-14-38)43-26-22-37(23-27-43)41-25-31-54-49(33-41)48-17-9-11-19-53(48)57-54/h3-35H,1-2H3. The van der Waals surface area contributed by atoms with E-state index in [2.05, 4.69) is 219 Å². The van der Waals surface area contributed by atoms with Crippen molar-refractivity contribution in [1.29, 1.82) is 0 Å². The van der Waals surface area contributed by atoms with Crippen molar-refractivity contribution in [1.82, 2.24) is 0 Å². The average Bonchev–Trinajstić information content (AvgIpc) is 3.75. The zero-order valence-electron chi connectivity index (χ0n) is 31.9. The van der Waals surface area contributed by atoms with Crippen molar-refractivity contribution in [3.63, 3.8) is 0 Å². The molecule has 1 nitrogen and oxygen atoms in total. The SMILES string of the molecule is CC1(C)c2cc(-c3ccc4ccccc4c3)ccc2-c2ccc(N(c3ccc(-c4ccc5sc6ccccc6c5c4)cc3)c3ccccc3-c3ccccc3)cc21. The fourth-order valence-electron chi connectivity index (χ4n) is 9.08. The van der Waals surface area contributed by atoms with Crippen molar-refractivity contribution in [3.05, 3.63) is 211 Å². The summed E-state index contributed by atoms with van der Waals surface area (Å²) in [5.41, 5.74) is 15.9. The highest BCUT2D eigenvalue weighted by molar-refractivity contribution is 7.25. The van der Waals surface area contributed by atoms with Crippen LogP contribution in [0.2, 0.25) is 0 Å². The molecule has 57 heavy (non-hydrogen) atoms. The molecule has 0 N–H and O–H groups in total. The summed E-state index contributed by atoms with van der Waals surface area (Å²) in [4.78, 5) is 2.45. The van der Waals surface area contributed by atoms with Gasteiger partial charge in [0.25, 0.3) is 0 Å². The maximum absolute atomic E-state index is 2.45. The van der Waals surface area contributed by atoms with Crippen LogP contribution in [0.3, 0.4) is 0 Å². The summed E-state index contributed by atoms with van der Waals surface area (Å²) in [5, 5.41) is 5.18. The van der Waals surface area contributed by atoms with Crippen molar-refractivity contribution in [2.45, 2.75) is 19.3 Å². The fourth-order valence-corrected chi connectivity index (χ4v) is 10.2. The minimum Gasteiger partial charge on any atom is -0.310 e. The van der Waals surface area contributed by atoms with Gasteiger partial charge in [-0.3, -0.25) is 0 Å². The molecule has 1 aliphatic carbocycles. The van der Waals surface area contributed by atoms with Gasteiger partial charge in [0.05, 0.1) is 5.69 Å². The van der Waals surface area contributed by atoms with Gasteiger partial charge in [0.2, 0.25) is 0 Å². The lowest BCUT2D eigenvalue weighted by Gasteiger charge is -2.30. The second kappa shape index (κ2) is 13.2. The summed E-state index contributed by atoms with van der Waals surface area (Å²) >= 11 is 1.86. The van der Waals surface area contributed by atoms with Gasteiger partial charge < -0.3 is 4.90 Å². The highest BCUT2D eigenvalue weighted by atomic mass is 32.1. The molecule has 1 aliphatic rings. The van der Waals surface area contributed by atoms with Crippen LogP contribution >= 0.6 is 11.3 Å². The van der Waals surface area contributed by atoms with Crippen LogP contribution < -0.4 is 4.90 Å². The summed E-state index contributed by atoms with van der Waals surface area (Å²) in [7, 11) is 0. The quantitative estimate of drug-likeness (QED) is 0.164. The van der Waals surface area contributed by atoms with Crippen LogP contribution in [0, 0.1) is 0 Å². The first kappa shape index (κ1) is 33.6. The molecule has 0 aliphatic heterocycles. The molecule has 1 heterocycles. The van der Waals surface area contributed by atoms with Gasteiger partial charge >= 0.3 is 0 Å². The molecule has 270 valence electrons. The predicted octanol–water partition coefficient (Wildman–Crippen LogP) is 16.0. The molecule has 0 unspecified atom stereocenters. The van der Waals surface area contributed by atoms with E-state index in [1.807, 2.05) is 11.3 Å². The highest BCUT2D eigenvalue weighted by Gasteiger charge is 2.36. The molecule has 0 fully saturated rings. The number of thiophene rings is 1. The Morgan fingerprint density at radius 3 is 1.82 bits per heavy atom. The number of rotatable bonds is 6. The van der Waals surface area contributed by atoms with Gasteiger partial charge in [-0.05, 0) is 122 Å². The minimum absolute atomic E-state index is 0.188. The molecular formula is C55H39NS. The van der Waals surface area contributed by atoms with Gasteiger partial charge in [0, 0.05) is 42.5 Å². The lowest BCUT2D eigenvalue weighted by atomic mass is 9.81. The number of hydrogen-bond donors (Lipinski definition) is 0. The minimum atomic E-state index is -0.188. The van der Waals surface area contributed by atoms with Crippen molar-refractivity contribution < 1.29 is 0 Å². The van der Waals surface area contributed by atoms with E-state index >= 15 is 0 Å². The Balaban J connectivity index is 1.02. The molecule has 0 saturated carbocycles. The van der Waals surface area contributed by atoms with Crippen LogP contribution in [0.4, 0.5) is 17.1 Å². The third kappa shape index (κ3) is 5.59. The van der Waals surface area contributed by atoms with E-state index in [1.165, 1.54) is 86.6 Å². The number of nitrogens with zero attached hydrogens (tertiary/aromatic N) is 1. The van der Waals surface area contributed by atoms with Crippen LogP contribution in [0.1, 0.15) is 25.0 Å². The smallest absolute Gasteiger partial charge is 0.0540 e. The zero-order valence-corrected chi connectivity index (χ0v) is 32.7. The normalized spacial score (nSPS) is 12.9. The van der Waals surface area contributed by atoms with Gasteiger partial charge in [-0.25, -0.2) is 0 Å². The topological polar surface area (TPSA) is 3.24 Å². The first-order valence-electron chi connectivity index (χ1n) is 19.7. The van der Waals surface area contributed by atoms with E-state index in [0.717, 1.165) is 17.1 Å². The third-order valence-electron chi connectivity index (χ3n) is 12.1. The van der Waals surface area contributed by atoms with E-state index in [9.17, 15) is 0 Å². The summed E-state index contributed by atoms with van der Waals surface area (Å²) in [6, 6.07) is 73.9. The molecule has 10 aromatic rings. The Kier molecular flexibility index (Phi) is 7.77. The number of anilines is 3. The summed E-state index contributed by atoms with van der Waals surface area (Å²) < 4.78 is 2.66. The molecule has 0 amide bonds. The van der Waals surface area contributed by atoms with Gasteiger partial charge in [-0.2, -0.15) is 0 Å². The third-order valence-corrected chi connectivity index (χ3v) is 13.2. The molecule has 9 aromatic carbocycles. The number of benzene rings is 9. The van der Waals surface area contributed by atoms with Crippen LogP contribution in [-0.4, -0.2) is 0 Å². The Morgan fingerprint density at radius 1 is 0.368 bits per heavy atom. The summed E-state index contributed by atoms with van der Waals surface area (Å²) in [6.45, 7) is 4.77. The largest absolute Gasteiger partial charge is 0.310 e. The zero-order chi connectivity index (χ0) is 38.1. The van der Waals surface area contributed by atoms with Crippen LogP contribution in [0.5, 0.6) is 0 Å². The lowest BCUT2D eigenvalue weighted by molar-refractivity contribution is 0.660. The first-order valence-corrected chi connectivity index (χ1v) is 20.6.